The Balaban J connectivity index is 3.36. The molecule has 48 valence electrons. The van der Waals surface area contributed by atoms with Crippen LogP contribution in [-0.2, 0) is 24.5 Å². The molecular formula is H2CuFO4Si. The Morgan fingerprint density at radius 2 is 2.00 bits per heavy atom. The molecule has 0 unspecified atom stereocenters. The van der Waals surface area contributed by atoms with Crippen LogP contribution in [0, 0.1) is 0 Å². The summed E-state index contributed by atoms with van der Waals surface area (Å²) in [6, 6.07) is 0. The normalized spacial score (nSPS) is 12.1. The summed E-state index contributed by atoms with van der Waals surface area (Å²) >= 11 is 3.72. The molecule has 0 heterocycles. The van der Waals surface area contributed by atoms with E-state index in [0.29, 0.717) is 0 Å². The van der Waals surface area contributed by atoms with Gasteiger partial charge in [-0.2, -0.15) is 0 Å². The van der Waals surface area contributed by atoms with Gasteiger partial charge in [0, 0.05) is 0 Å². The fourth-order valence-corrected chi connectivity index (χ4v) is 0.117. The van der Waals surface area contributed by atoms with E-state index in [1.54, 1.807) is 0 Å². The van der Waals surface area contributed by atoms with Gasteiger partial charge in [0.2, 0.25) is 0 Å². The van der Waals surface area contributed by atoms with Gasteiger partial charge in [0.1, 0.15) is 0 Å². The molecule has 0 aliphatic carbocycles. The van der Waals surface area contributed by atoms with Crippen molar-refractivity contribution in [3.8, 4) is 0 Å². The summed E-state index contributed by atoms with van der Waals surface area (Å²) in [4.78, 5) is 15.8. The second kappa shape index (κ2) is 2.73. The molecule has 2 N–H and O–H groups in total. The molecule has 0 rings (SSSR count). The van der Waals surface area contributed by atoms with E-state index in [-0.39, 0.29) is 0 Å². The van der Waals surface area contributed by atoms with Crippen molar-refractivity contribution in [1.82, 2.24) is 0 Å². The van der Waals surface area contributed by atoms with Gasteiger partial charge in [-0.1, -0.05) is 0 Å². The van der Waals surface area contributed by atoms with Gasteiger partial charge < -0.3 is 0 Å². The van der Waals surface area contributed by atoms with Crippen molar-refractivity contribution in [2.24, 2.45) is 0 Å². The monoisotopic (exact) mass is 176 g/mol. The summed E-state index contributed by atoms with van der Waals surface area (Å²) in [6.45, 7) is 0. The van der Waals surface area contributed by atoms with Crippen LogP contribution in [-0.4, -0.2) is 18.6 Å². The average Bonchev–Trinajstić information content (AvgIpc) is 1.68. The van der Waals surface area contributed by atoms with Gasteiger partial charge in [-0.15, -0.1) is 0 Å². The van der Waals surface area contributed by atoms with Crippen molar-refractivity contribution in [2.75, 3.05) is 0 Å². The van der Waals surface area contributed by atoms with Crippen LogP contribution in [0.25, 0.3) is 0 Å². The Labute approximate surface area is 48.4 Å². The fourth-order valence-electron chi connectivity index (χ4n) is 0.00950. The van der Waals surface area contributed by atoms with Crippen molar-refractivity contribution < 1.29 is 38.6 Å². The second-order valence-electron chi connectivity index (χ2n) is 0.687. The predicted molar refractivity (Wildman–Crippen MR) is 13.5 cm³/mol. The summed E-state index contributed by atoms with van der Waals surface area (Å²) < 4.78 is 16.4. The van der Waals surface area contributed by atoms with Crippen molar-refractivity contribution in [3.63, 3.8) is 0 Å². The third-order valence-corrected chi connectivity index (χ3v) is 1.29. The first-order valence-corrected chi connectivity index (χ1v) is 3.23. The van der Waals surface area contributed by atoms with E-state index in [2.05, 4.69) is 24.5 Å². The van der Waals surface area contributed by atoms with Gasteiger partial charge in [-0.3, -0.25) is 0 Å². The number of rotatable bonds is 2. The van der Waals surface area contributed by atoms with Gasteiger partial charge in [0.15, 0.2) is 0 Å². The van der Waals surface area contributed by atoms with Crippen molar-refractivity contribution in [3.05, 3.63) is 0 Å². The van der Waals surface area contributed by atoms with Crippen LogP contribution in [0.1, 0.15) is 0 Å². The van der Waals surface area contributed by atoms with Crippen molar-refractivity contribution in [1.29, 1.82) is 0 Å². The van der Waals surface area contributed by atoms with Crippen LogP contribution < -0.4 is 0 Å². The summed E-state index contributed by atoms with van der Waals surface area (Å²) in [6.07, 6.45) is 0. The number of hydrogen-bond donors (Lipinski definition) is 2. The maximum absolute atomic E-state index is 10.6. The van der Waals surface area contributed by atoms with E-state index in [0.717, 1.165) is 0 Å². The molecule has 0 radical (unpaired) electrons. The Bertz CT molecular complexity index is 49.7. The van der Waals surface area contributed by atoms with Gasteiger partial charge in [-0.05, 0) is 0 Å². The molecule has 7 heteroatoms. The van der Waals surface area contributed by atoms with Gasteiger partial charge in [0.05, 0.1) is 0 Å². The van der Waals surface area contributed by atoms with E-state index >= 15 is 0 Å². The zero-order valence-electron chi connectivity index (χ0n) is 2.89. The standard InChI is InChI=1S/Cu.FH2O4Si/c;1-5-6(2,3)4/h;2-3H/q+1;-1. The SMILES string of the molecule is O[Si](O)(OF)[O][Cu]. The molecular weight excluding hydrogens is 175 g/mol. The molecule has 0 spiro atoms. The van der Waals surface area contributed by atoms with Gasteiger partial charge in [-0.25, -0.2) is 0 Å². The van der Waals surface area contributed by atoms with E-state index in [1.165, 1.54) is 0 Å². The van der Waals surface area contributed by atoms with E-state index in [1.807, 2.05) is 0 Å². The summed E-state index contributed by atoms with van der Waals surface area (Å²) in [7, 11) is -4.51. The Kier molecular flexibility index (Phi) is 2.92. The molecule has 0 amide bonds. The van der Waals surface area contributed by atoms with Crippen LogP contribution in [0.3, 0.4) is 0 Å². The van der Waals surface area contributed by atoms with Crippen LogP contribution in [0.15, 0.2) is 0 Å². The van der Waals surface area contributed by atoms with Gasteiger partial charge in [0.25, 0.3) is 0 Å². The molecule has 0 aliphatic heterocycles. The third-order valence-electron chi connectivity index (χ3n) is 0.181. The molecule has 0 aliphatic rings. The third kappa shape index (κ3) is 3.12. The molecule has 0 aromatic rings. The Hall–Kier alpha value is 0.506. The quantitative estimate of drug-likeness (QED) is 0.519. The summed E-state index contributed by atoms with van der Waals surface area (Å²) in [5, 5.41) is 0. The fraction of sp³-hybridized carbons (Fsp3) is 0. The molecule has 0 aromatic carbocycles. The molecule has 7 heavy (non-hydrogen) atoms. The Morgan fingerprint density at radius 1 is 1.57 bits per heavy atom. The van der Waals surface area contributed by atoms with E-state index in [9.17, 15) is 4.53 Å². The minimum atomic E-state index is -4.51. The average molecular weight is 177 g/mol. The molecule has 0 bridgehead atoms. The van der Waals surface area contributed by atoms with Gasteiger partial charge >= 0.3 is 47.6 Å². The zero-order valence-corrected chi connectivity index (χ0v) is 4.83. The van der Waals surface area contributed by atoms with E-state index in [4.69, 9.17) is 9.59 Å². The molecule has 0 aromatic heterocycles. The predicted octanol–water partition coefficient (Wildman–Crippen LogP) is -1.21. The van der Waals surface area contributed by atoms with Crippen molar-refractivity contribution in [2.45, 2.75) is 0 Å². The molecule has 0 saturated carbocycles. The first kappa shape index (κ1) is 7.51. The number of hydrogen-bond acceptors (Lipinski definition) is 4. The maximum atomic E-state index is 10.6. The summed E-state index contributed by atoms with van der Waals surface area (Å²) in [5.74, 6) is 0. The first-order valence-electron chi connectivity index (χ1n) is 1.13. The van der Waals surface area contributed by atoms with Crippen molar-refractivity contribution >= 4 is 9.05 Å². The molecule has 0 saturated heterocycles. The minimum absolute atomic E-state index is 2.51. The van der Waals surface area contributed by atoms with Crippen LogP contribution in [0.4, 0.5) is 4.53 Å². The van der Waals surface area contributed by atoms with Crippen LogP contribution in [0.2, 0.25) is 0 Å². The zero-order chi connectivity index (χ0) is 5.91. The van der Waals surface area contributed by atoms with Crippen LogP contribution in [0.5, 0.6) is 0 Å². The topological polar surface area (TPSA) is 58.9 Å². The summed E-state index contributed by atoms with van der Waals surface area (Å²) in [5.41, 5.74) is 0. The second-order valence-corrected chi connectivity index (χ2v) is 2.64. The molecule has 0 fully saturated rings. The number of halogens is 1. The molecule has 0 atom stereocenters. The first-order chi connectivity index (χ1) is 3.12. The van der Waals surface area contributed by atoms with Crippen LogP contribution >= 0.6 is 0 Å². The Morgan fingerprint density at radius 3 is 2.00 bits per heavy atom. The van der Waals surface area contributed by atoms with E-state index < -0.39 is 9.05 Å². The molecule has 4 nitrogen and oxygen atoms in total.